The van der Waals surface area contributed by atoms with Gasteiger partial charge in [0, 0.05) is 33.5 Å². The third kappa shape index (κ3) is 5.71. The Morgan fingerprint density at radius 2 is 0.608 bits per heavy atom. The van der Waals surface area contributed by atoms with Gasteiger partial charge in [-0.25, -0.2) is 0 Å². The molecule has 0 amide bonds. The van der Waals surface area contributed by atoms with Crippen molar-refractivity contribution in [2.24, 2.45) is 0 Å². The number of anilines is 6. The lowest BCUT2D eigenvalue weighted by Gasteiger charge is -2.30. The Morgan fingerprint density at radius 1 is 0.275 bits per heavy atom. The van der Waals surface area contributed by atoms with Crippen LogP contribution in [0.25, 0.3) is 32.3 Å². The Bertz CT molecular complexity index is 2560. The first-order chi connectivity index (χ1) is 24.7. The second-order valence-electron chi connectivity index (χ2n) is 14.3. The van der Waals surface area contributed by atoms with Gasteiger partial charge in [-0.2, -0.15) is 0 Å². The molecule has 0 aliphatic heterocycles. The van der Waals surface area contributed by atoms with Crippen molar-refractivity contribution in [1.29, 1.82) is 0 Å². The number of nitrogens with zero attached hydrogens (tertiary/aromatic N) is 2. The van der Waals surface area contributed by atoms with Gasteiger partial charge < -0.3 is 9.80 Å². The molecule has 0 saturated heterocycles. The second kappa shape index (κ2) is 12.8. The van der Waals surface area contributed by atoms with Crippen LogP contribution in [0.4, 0.5) is 34.1 Å². The number of fused-ring (bicyclic) bond motifs is 5. The zero-order valence-electron chi connectivity index (χ0n) is 30.7. The molecule has 0 heterocycles. The van der Waals surface area contributed by atoms with Crippen LogP contribution in [0, 0.1) is 48.5 Å². The highest BCUT2D eigenvalue weighted by atomic mass is 15.2. The predicted octanol–water partition coefficient (Wildman–Crippen LogP) is 14.2. The molecule has 0 bridgehead atoms. The van der Waals surface area contributed by atoms with E-state index in [9.17, 15) is 0 Å². The van der Waals surface area contributed by atoms with E-state index in [4.69, 9.17) is 0 Å². The summed E-state index contributed by atoms with van der Waals surface area (Å²) in [5.74, 6) is 0. The highest BCUT2D eigenvalue weighted by molar-refractivity contribution is 6.24. The van der Waals surface area contributed by atoms with E-state index in [0.29, 0.717) is 0 Å². The molecule has 8 aromatic carbocycles. The summed E-state index contributed by atoms with van der Waals surface area (Å²) in [6.45, 7) is 15.3. The molecular weight excluding hydrogens is 617 g/mol. The van der Waals surface area contributed by atoms with Gasteiger partial charge in [-0.3, -0.25) is 0 Å². The Balaban J connectivity index is 1.47. The van der Waals surface area contributed by atoms with E-state index in [0.717, 1.165) is 22.7 Å². The maximum atomic E-state index is 2.46. The first-order valence-corrected chi connectivity index (χ1v) is 17.9. The van der Waals surface area contributed by atoms with Crippen molar-refractivity contribution >= 4 is 66.4 Å². The van der Waals surface area contributed by atoms with Crippen LogP contribution in [0.2, 0.25) is 0 Å². The molecule has 0 atom stereocenters. The van der Waals surface area contributed by atoms with Gasteiger partial charge in [-0.05, 0) is 164 Å². The number of aryl methyl sites for hydroxylation is 7. The minimum absolute atomic E-state index is 1.14. The van der Waals surface area contributed by atoms with Crippen molar-refractivity contribution in [1.82, 2.24) is 0 Å². The minimum Gasteiger partial charge on any atom is -0.310 e. The van der Waals surface area contributed by atoms with Crippen LogP contribution in [0.15, 0.2) is 140 Å². The lowest BCUT2D eigenvalue weighted by atomic mass is 9.93. The smallest absolute Gasteiger partial charge is 0.0546 e. The molecule has 51 heavy (non-hydrogen) atoms. The topological polar surface area (TPSA) is 6.48 Å². The average molecular weight is 661 g/mol. The predicted molar refractivity (Wildman–Crippen MR) is 221 cm³/mol. The van der Waals surface area contributed by atoms with Crippen LogP contribution in [-0.2, 0) is 0 Å². The van der Waals surface area contributed by atoms with Gasteiger partial charge >= 0.3 is 0 Å². The van der Waals surface area contributed by atoms with Gasteiger partial charge in [0.05, 0.1) is 11.4 Å². The minimum atomic E-state index is 1.14. The number of rotatable bonds is 6. The summed E-state index contributed by atoms with van der Waals surface area (Å²) in [5, 5.41) is 7.38. The first kappa shape index (κ1) is 32.4. The molecule has 0 N–H and O–H groups in total. The fourth-order valence-electron chi connectivity index (χ4n) is 7.43. The standard InChI is InChI=1S/C49H44N2/c1-31-16-21-38(22-17-31)50(39-23-18-32(2)35(5)26-39)48-29-46-43-13-9-11-15-45(43)49(30-47(46)42-12-8-10-14-44(42)48)51(40-24-19-33(3)36(6)27-40)41-25-20-34(4)37(7)28-41/h8-30H,1-7H3. The van der Waals surface area contributed by atoms with Crippen molar-refractivity contribution in [2.45, 2.75) is 48.5 Å². The van der Waals surface area contributed by atoms with Gasteiger partial charge in [0.1, 0.15) is 0 Å². The molecule has 250 valence electrons. The van der Waals surface area contributed by atoms with E-state index in [2.05, 4.69) is 198 Å². The van der Waals surface area contributed by atoms with E-state index in [-0.39, 0.29) is 0 Å². The van der Waals surface area contributed by atoms with Gasteiger partial charge in [-0.15, -0.1) is 0 Å². The summed E-state index contributed by atoms with van der Waals surface area (Å²) in [7, 11) is 0. The van der Waals surface area contributed by atoms with Crippen molar-refractivity contribution in [3.8, 4) is 0 Å². The van der Waals surface area contributed by atoms with Crippen molar-refractivity contribution in [3.63, 3.8) is 0 Å². The fourth-order valence-corrected chi connectivity index (χ4v) is 7.43. The molecular formula is C49H44N2. The van der Waals surface area contributed by atoms with Crippen molar-refractivity contribution in [2.75, 3.05) is 9.80 Å². The molecule has 0 unspecified atom stereocenters. The third-order valence-corrected chi connectivity index (χ3v) is 10.9. The van der Waals surface area contributed by atoms with E-state index in [1.54, 1.807) is 0 Å². The SMILES string of the molecule is Cc1ccc(N(c2ccc(C)c(C)c2)c2cc3c4ccccc4c(N(c4ccc(C)c(C)c4)c4ccc(C)c(C)c4)cc3c3ccccc23)cc1. The highest BCUT2D eigenvalue weighted by Gasteiger charge is 2.22. The van der Waals surface area contributed by atoms with Crippen LogP contribution >= 0.6 is 0 Å². The third-order valence-electron chi connectivity index (χ3n) is 10.9. The van der Waals surface area contributed by atoms with Crippen molar-refractivity contribution < 1.29 is 0 Å². The Hall–Kier alpha value is -5.86. The monoisotopic (exact) mass is 660 g/mol. The summed E-state index contributed by atoms with van der Waals surface area (Å²) >= 11 is 0. The molecule has 0 aliphatic rings. The zero-order chi connectivity index (χ0) is 35.4. The van der Waals surface area contributed by atoms with E-state index in [1.165, 1.54) is 82.6 Å². The van der Waals surface area contributed by atoms with Crippen LogP contribution < -0.4 is 9.80 Å². The quantitative estimate of drug-likeness (QED) is 0.164. The first-order valence-electron chi connectivity index (χ1n) is 17.9. The van der Waals surface area contributed by atoms with Gasteiger partial charge in [-0.1, -0.05) is 84.4 Å². The molecule has 8 rings (SSSR count). The van der Waals surface area contributed by atoms with Gasteiger partial charge in [0.2, 0.25) is 0 Å². The van der Waals surface area contributed by atoms with Crippen LogP contribution in [-0.4, -0.2) is 0 Å². The fraction of sp³-hybridized carbons (Fsp3) is 0.143. The summed E-state index contributed by atoms with van der Waals surface area (Å²) in [5.41, 5.74) is 15.9. The molecule has 8 aromatic rings. The lowest BCUT2D eigenvalue weighted by molar-refractivity contribution is 1.24. The molecule has 0 saturated carbocycles. The lowest BCUT2D eigenvalue weighted by Crippen LogP contribution is -2.12. The second-order valence-corrected chi connectivity index (χ2v) is 14.3. The summed E-state index contributed by atoms with van der Waals surface area (Å²) in [4.78, 5) is 4.89. The molecule has 0 radical (unpaired) electrons. The number of hydrogen-bond donors (Lipinski definition) is 0. The normalized spacial score (nSPS) is 11.4. The van der Waals surface area contributed by atoms with Gasteiger partial charge in [0.25, 0.3) is 0 Å². The van der Waals surface area contributed by atoms with E-state index in [1.807, 2.05) is 0 Å². The van der Waals surface area contributed by atoms with Crippen LogP contribution in [0.5, 0.6) is 0 Å². The largest absolute Gasteiger partial charge is 0.310 e. The van der Waals surface area contributed by atoms with Crippen LogP contribution in [0.3, 0.4) is 0 Å². The zero-order valence-corrected chi connectivity index (χ0v) is 30.7. The molecule has 0 spiro atoms. The summed E-state index contributed by atoms with van der Waals surface area (Å²) < 4.78 is 0. The van der Waals surface area contributed by atoms with E-state index >= 15 is 0 Å². The van der Waals surface area contributed by atoms with Gasteiger partial charge in [0.15, 0.2) is 0 Å². The molecule has 0 fully saturated rings. The summed E-state index contributed by atoms with van der Waals surface area (Å²) in [6, 6.07) is 52.1. The molecule has 2 heteroatoms. The number of hydrogen-bond acceptors (Lipinski definition) is 2. The van der Waals surface area contributed by atoms with Crippen LogP contribution in [0.1, 0.15) is 38.9 Å². The Labute approximate surface area is 302 Å². The maximum absolute atomic E-state index is 2.46. The maximum Gasteiger partial charge on any atom is 0.0546 e. The molecule has 0 aromatic heterocycles. The highest BCUT2D eigenvalue weighted by Crippen LogP contribution is 2.48. The Morgan fingerprint density at radius 3 is 0.980 bits per heavy atom. The average Bonchev–Trinajstić information content (AvgIpc) is 3.14. The summed E-state index contributed by atoms with van der Waals surface area (Å²) in [6.07, 6.45) is 0. The molecule has 2 nitrogen and oxygen atoms in total. The Kier molecular flexibility index (Phi) is 8.11. The molecule has 0 aliphatic carbocycles. The number of benzene rings is 8. The van der Waals surface area contributed by atoms with Crippen molar-refractivity contribution in [3.05, 3.63) is 178 Å². The van der Waals surface area contributed by atoms with E-state index < -0.39 is 0 Å².